The molecule has 0 amide bonds. The molecule has 66 valence electrons. The molecule has 1 atom stereocenters. The summed E-state index contributed by atoms with van der Waals surface area (Å²) >= 11 is 0. The van der Waals surface area contributed by atoms with E-state index in [9.17, 15) is 4.39 Å². The van der Waals surface area contributed by atoms with Gasteiger partial charge in [0, 0.05) is 0 Å². The summed E-state index contributed by atoms with van der Waals surface area (Å²) in [5, 5.41) is 9.10. The molecule has 1 rings (SSSR count). The van der Waals surface area contributed by atoms with E-state index in [4.69, 9.17) is 5.11 Å². The summed E-state index contributed by atoms with van der Waals surface area (Å²) in [6, 6.07) is 4.63. The van der Waals surface area contributed by atoms with Crippen molar-refractivity contribution in [2.75, 3.05) is 0 Å². The average Bonchev–Trinajstić information content (AvgIpc) is 1.96. The van der Waals surface area contributed by atoms with Gasteiger partial charge in [0.2, 0.25) is 0 Å². The van der Waals surface area contributed by atoms with Crippen molar-refractivity contribution in [3.8, 4) is 0 Å². The first-order valence-corrected chi connectivity index (χ1v) is 4.02. The van der Waals surface area contributed by atoms with Crippen molar-refractivity contribution in [1.82, 2.24) is 0 Å². The summed E-state index contributed by atoms with van der Waals surface area (Å²) in [6.07, 6.45) is 0.106. The highest BCUT2D eigenvalue weighted by atomic mass is 19.1. The number of aliphatic hydroxyl groups is 1. The van der Waals surface area contributed by atoms with Crippen molar-refractivity contribution in [1.29, 1.82) is 0 Å². The van der Waals surface area contributed by atoms with Gasteiger partial charge in [-0.1, -0.05) is 6.07 Å². The Bertz CT molecular complexity index is 269. The first-order chi connectivity index (χ1) is 5.59. The molecular weight excluding hydrogens is 155 g/mol. The number of benzene rings is 1. The van der Waals surface area contributed by atoms with Crippen LogP contribution in [-0.2, 0) is 6.42 Å². The van der Waals surface area contributed by atoms with Crippen molar-refractivity contribution in [2.45, 2.75) is 26.4 Å². The van der Waals surface area contributed by atoms with Crippen LogP contribution in [0, 0.1) is 12.7 Å². The van der Waals surface area contributed by atoms with Gasteiger partial charge in [-0.3, -0.25) is 0 Å². The summed E-state index contributed by atoms with van der Waals surface area (Å²) in [5.41, 5.74) is 1.90. The minimum Gasteiger partial charge on any atom is -0.393 e. The topological polar surface area (TPSA) is 20.2 Å². The van der Waals surface area contributed by atoms with Crippen molar-refractivity contribution >= 4 is 0 Å². The molecule has 1 N–H and O–H groups in total. The molecular formula is C10H13FO. The summed E-state index contributed by atoms with van der Waals surface area (Å²) in [5.74, 6) is -0.240. The second kappa shape index (κ2) is 3.68. The quantitative estimate of drug-likeness (QED) is 0.716. The molecule has 0 saturated heterocycles. The molecule has 2 heteroatoms. The smallest absolute Gasteiger partial charge is 0.123 e. The number of aryl methyl sites for hydroxylation is 1. The Morgan fingerprint density at radius 3 is 2.75 bits per heavy atom. The first-order valence-electron chi connectivity index (χ1n) is 4.02. The van der Waals surface area contributed by atoms with Gasteiger partial charge in [-0.05, 0) is 43.5 Å². The molecule has 0 bridgehead atoms. The lowest BCUT2D eigenvalue weighted by Gasteiger charge is -2.07. The van der Waals surface area contributed by atoms with Gasteiger partial charge >= 0.3 is 0 Å². The lowest BCUT2D eigenvalue weighted by atomic mass is 10.0. The maximum Gasteiger partial charge on any atom is 0.123 e. The third-order valence-electron chi connectivity index (χ3n) is 1.83. The summed E-state index contributed by atoms with van der Waals surface area (Å²) in [6.45, 7) is 3.61. The van der Waals surface area contributed by atoms with E-state index in [1.165, 1.54) is 12.1 Å². The molecule has 0 aromatic heterocycles. The van der Waals surface area contributed by atoms with Crippen molar-refractivity contribution in [3.63, 3.8) is 0 Å². The van der Waals surface area contributed by atoms with Gasteiger partial charge in [0.15, 0.2) is 0 Å². The van der Waals surface area contributed by atoms with Gasteiger partial charge in [-0.2, -0.15) is 0 Å². The molecule has 0 aliphatic carbocycles. The molecule has 0 aliphatic rings. The lowest BCUT2D eigenvalue weighted by Crippen LogP contribution is -2.05. The van der Waals surface area contributed by atoms with Crippen LogP contribution in [0.2, 0.25) is 0 Å². The van der Waals surface area contributed by atoms with Crippen LogP contribution in [-0.4, -0.2) is 11.2 Å². The molecule has 0 saturated carbocycles. The Kier molecular flexibility index (Phi) is 2.82. The number of aliphatic hydroxyl groups excluding tert-OH is 1. The van der Waals surface area contributed by atoms with Gasteiger partial charge in [0.1, 0.15) is 5.82 Å². The zero-order valence-electron chi connectivity index (χ0n) is 7.34. The maximum atomic E-state index is 12.7. The van der Waals surface area contributed by atoms with E-state index in [1.807, 2.05) is 6.92 Å². The lowest BCUT2D eigenvalue weighted by molar-refractivity contribution is 0.195. The summed E-state index contributed by atoms with van der Waals surface area (Å²) in [7, 11) is 0. The van der Waals surface area contributed by atoms with Crippen molar-refractivity contribution in [2.24, 2.45) is 0 Å². The fraction of sp³-hybridized carbons (Fsp3) is 0.400. The molecule has 1 unspecified atom stereocenters. The van der Waals surface area contributed by atoms with E-state index in [-0.39, 0.29) is 5.82 Å². The molecule has 1 aromatic carbocycles. The van der Waals surface area contributed by atoms with Gasteiger partial charge < -0.3 is 5.11 Å². The molecule has 1 nitrogen and oxygen atoms in total. The van der Waals surface area contributed by atoms with Crippen molar-refractivity contribution in [3.05, 3.63) is 35.1 Å². The normalized spacial score (nSPS) is 13.0. The van der Waals surface area contributed by atoms with Gasteiger partial charge in [-0.25, -0.2) is 4.39 Å². The summed E-state index contributed by atoms with van der Waals surface area (Å²) in [4.78, 5) is 0. The van der Waals surface area contributed by atoms with Crippen LogP contribution >= 0.6 is 0 Å². The van der Waals surface area contributed by atoms with Gasteiger partial charge in [0.05, 0.1) is 6.10 Å². The Morgan fingerprint density at radius 1 is 1.50 bits per heavy atom. The number of hydrogen-bond donors (Lipinski definition) is 1. The van der Waals surface area contributed by atoms with Crippen LogP contribution in [0.4, 0.5) is 4.39 Å². The molecule has 0 heterocycles. The summed E-state index contributed by atoms with van der Waals surface area (Å²) < 4.78 is 12.7. The standard InChI is InChI=1S/C10H13FO/c1-7-3-4-10(11)6-9(7)5-8(2)12/h3-4,6,8,12H,5H2,1-2H3. The molecule has 12 heavy (non-hydrogen) atoms. The van der Waals surface area contributed by atoms with Crippen molar-refractivity contribution < 1.29 is 9.50 Å². The SMILES string of the molecule is Cc1ccc(F)cc1CC(C)O. The van der Waals surface area contributed by atoms with E-state index in [1.54, 1.807) is 13.0 Å². The van der Waals surface area contributed by atoms with E-state index >= 15 is 0 Å². The Balaban J connectivity index is 2.90. The van der Waals surface area contributed by atoms with Gasteiger partial charge in [0.25, 0.3) is 0 Å². The van der Waals surface area contributed by atoms with Crippen LogP contribution in [0.15, 0.2) is 18.2 Å². The van der Waals surface area contributed by atoms with Crippen LogP contribution in [0.25, 0.3) is 0 Å². The second-order valence-corrected chi connectivity index (χ2v) is 3.12. The highest BCUT2D eigenvalue weighted by Gasteiger charge is 2.03. The van der Waals surface area contributed by atoms with Crippen LogP contribution in [0.3, 0.4) is 0 Å². The van der Waals surface area contributed by atoms with Crippen LogP contribution < -0.4 is 0 Å². The highest BCUT2D eigenvalue weighted by Crippen LogP contribution is 2.12. The monoisotopic (exact) mass is 168 g/mol. The number of halogens is 1. The molecule has 0 aliphatic heterocycles. The average molecular weight is 168 g/mol. The zero-order valence-corrected chi connectivity index (χ0v) is 7.34. The second-order valence-electron chi connectivity index (χ2n) is 3.12. The van der Waals surface area contributed by atoms with Gasteiger partial charge in [-0.15, -0.1) is 0 Å². The molecule has 0 spiro atoms. The zero-order chi connectivity index (χ0) is 9.14. The maximum absolute atomic E-state index is 12.7. The molecule has 0 fully saturated rings. The van der Waals surface area contributed by atoms with E-state index in [2.05, 4.69) is 0 Å². The van der Waals surface area contributed by atoms with Crippen LogP contribution in [0.1, 0.15) is 18.1 Å². The minimum absolute atomic E-state index is 0.240. The Hall–Kier alpha value is -0.890. The van der Waals surface area contributed by atoms with E-state index < -0.39 is 6.10 Å². The largest absolute Gasteiger partial charge is 0.393 e. The predicted molar refractivity (Wildman–Crippen MR) is 46.5 cm³/mol. The van der Waals surface area contributed by atoms with E-state index in [0.29, 0.717) is 6.42 Å². The predicted octanol–water partition coefficient (Wildman–Crippen LogP) is 2.06. The fourth-order valence-corrected chi connectivity index (χ4v) is 1.18. The number of hydrogen-bond acceptors (Lipinski definition) is 1. The van der Waals surface area contributed by atoms with E-state index in [0.717, 1.165) is 11.1 Å². The number of rotatable bonds is 2. The Morgan fingerprint density at radius 2 is 2.17 bits per heavy atom. The first kappa shape index (κ1) is 9.20. The third kappa shape index (κ3) is 2.31. The highest BCUT2D eigenvalue weighted by molar-refractivity contribution is 5.26. The van der Waals surface area contributed by atoms with Crippen LogP contribution in [0.5, 0.6) is 0 Å². The minimum atomic E-state index is -0.412. The molecule has 1 aromatic rings. The third-order valence-corrected chi connectivity index (χ3v) is 1.83. The fourth-order valence-electron chi connectivity index (χ4n) is 1.18. The molecule has 0 radical (unpaired) electrons. The Labute approximate surface area is 71.9 Å².